The van der Waals surface area contributed by atoms with Crippen molar-refractivity contribution in [3.8, 4) is 11.6 Å². The minimum atomic E-state index is -2.92. The van der Waals surface area contributed by atoms with E-state index in [0.717, 1.165) is 6.92 Å². The lowest BCUT2D eigenvalue weighted by atomic mass is 10.1. The van der Waals surface area contributed by atoms with Gasteiger partial charge in [0.2, 0.25) is 5.88 Å². The van der Waals surface area contributed by atoms with Gasteiger partial charge in [-0.3, -0.25) is 4.98 Å². The number of nitrogens with zero attached hydrogens (tertiary/aromatic N) is 2. The van der Waals surface area contributed by atoms with Crippen LogP contribution in [0, 0.1) is 0 Å². The molecule has 0 atom stereocenters. The van der Waals surface area contributed by atoms with E-state index in [-0.39, 0.29) is 23.0 Å². The van der Waals surface area contributed by atoms with Crippen LogP contribution in [0.5, 0.6) is 11.6 Å². The average molecular weight is 251 g/mol. The number of hydrogen-bond acceptors (Lipinski definition) is 4. The van der Waals surface area contributed by atoms with Crippen LogP contribution in [0.3, 0.4) is 0 Å². The average Bonchev–Trinajstić information content (AvgIpc) is 2.28. The maximum atomic E-state index is 13.1. The number of halogens is 2. The number of alkyl halides is 2. The summed E-state index contributed by atoms with van der Waals surface area (Å²) in [6.45, 7) is 0.826. The van der Waals surface area contributed by atoms with Crippen LogP contribution in [0.15, 0.2) is 36.7 Å². The van der Waals surface area contributed by atoms with Gasteiger partial charge < -0.3 is 10.5 Å². The molecule has 2 N–H and O–H groups in total. The first-order valence-electron chi connectivity index (χ1n) is 5.19. The highest BCUT2D eigenvalue weighted by Crippen LogP contribution is 2.30. The number of ether oxygens (including phenoxy) is 1. The Morgan fingerprint density at radius 1 is 1.28 bits per heavy atom. The van der Waals surface area contributed by atoms with Gasteiger partial charge in [0.25, 0.3) is 5.92 Å². The smallest absolute Gasteiger partial charge is 0.270 e. The third-order valence-electron chi connectivity index (χ3n) is 2.19. The summed E-state index contributed by atoms with van der Waals surface area (Å²) in [7, 11) is 0. The van der Waals surface area contributed by atoms with Gasteiger partial charge in [0.15, 0.2) is 0 Å². The highest BCUT2D eigenvalue weighted by molar-refractivity contribution is 5.34. The van der Waals surface area contributed by atoms with E-state index in [4.69, 9.17) is 10.5 Å². The predicted octanol–water partition coefficient (Wildman–Crippen LogP) is 2.96. The van der Waals surface area contributed by atoms with Crippen molar-refractivity contribution in [3.63, 3.8) is 0 Å². The molecule has 0 saturated heterocycles. The Bertz CT molecular complexity index is 555. The molecule has 0 fully saturated rings. The van der Waals surface area contributed by atoms with Crippen molar-refractivity contribution in [2.45, 2.75) is 12.8 Å². The van der Waals surface area contributed by atoms with E-state index in [1.807, 2.05) is 0 Å². The van der Waals surface area contributed by atoms with Gasteiger partial charge in [0.1, 0.15) is 11.6 Å². The molecule has 2 rings (SSSR count). The number of anilines is 1. The van der Waals surface area contributed by atoms with E-state index in [1.54, 1.807) is 6.07 Å². The maximum absolute atomic E-state index is 13.1. The monoisotopic (exact) mass is 251 g/mol. The van der Waals surface area contributed by atoms with Gasteiger partial charge in [-0.15, -0.1) is 0 Å². The fraction of sp³-hybridized carbons (Fsp3) is 0.167. The minimum Gasteiger partial charge on any atom is -0.437 e. The van der Waals surface area contributed by atoms with Crippen molar-refractivity contribution in [1.29, 1.82) is 0 Å². The Morgan fingerprint density at radius 3 is 2.72 bits per heavy atom. The van der Waals surface area contributed by atoms with Gasteiger partial charge in [-0.05, 0) is 12.1 Å². The zero-order chi connectivity index (χ0) is 13.2. The van der Waals surface area contributed by atoms with Gasteiger partial charge in [-0.25, -0.2) is 8.78 Å². The molecule has 1 aromatic heterocycles. The number of hydrogen-bond donors (Lipinski definition) is 1. The second-order valence-electron chi connectivity index (χ2n) is 3.80. The van der Waals surface area contributed by atoms with Crippen molar-refractivity contribution in [2.24, 2.45) is 0 Å². The Labute approximate surface area is 102 Å². The molecule has 0 saturated carbocycles. The molecule has 0 amide bonds. The summed E-state index contributed by atoms with van der Waals surface area (Å²) in [4.78, 5) is 7.66. The fourth-order valence-electron chi connectivity index (χ4n) is 1.36. The molecule has 0 bridgehead atoms. The van der Waals surface area contributed by atoms with Crippen LogP contribution in [0.4, 0.5) is 14.6 Å². The lowest BCUT2D eigenvalue weighted by molar-refractivity contribution is 0.0173. The zero-order valence-electron chi connectivity index (χ0n) is 9.60. The molecule has 6 heteroatoms. The fourth-order valence-corrected chi connectivity index (χ4v) is 1.36. The second-order valence-corrected chi connectivity index (χ2v) is 3.80. The summed E-state index contributed by atoms with van der Waals surface area (Å²) in [5.74, 6) is -2.30. The molecule has 4 nitrogen and oxygen atoms in total. The Balaban J connectivity index is 2.25. The quantitative estimate of drug-likeness (QED) is 0.911. The molecular weight excluding hydrogens is 240 g/mol. The molecule has 2 aromatic rings. The van der Waals surface area contributed by atoms with Crippen LogP contribution in [0.25, 0.3) is 0 Å². The third-order valence-corrected chi connectivity index (χ3v) is 2.19. The maximum Gasteiger partial charge on any atom is 0.270 e. The molecular formula is C12H11F2N3O. The Morgan fingerprint density at radius 2 is 2.06 bits per heavy atom. The van der Waals surface area contributed by atoms with E-state index in [9.17, 15) is 8.78 Å². The molecule has 0 aliphatic heterocycles. The first-order chi connectivity index (χ1) is 8.45. The molecule has 0 aliphatic rings. The van der Waals surface area contributed by atoms with Crippen molar-refractivity contribution >= 4 is 5.82 Å². The highest BCUT2D eigenvalue weighted by atomic mass is 19.3. The lowest BCUT2D eigenvalue weighted by Crippen LogP contribution is -2.06. The first-order valence-corrected chi connectivity index (χ1v) is 5.19. The summed E-state index contributed by atoms with van der Waals surface area (Å²) in [6, 6.07) is 5.63. The van der Waals surface area contributed by atoms with E-state index < -0.39 is 5.92 Å². The molecule has 0 unspecified atom stereocenters. The number of nitrogen functional groups attached to an aromatic ring is 1. The molecule has 18 heavy (non-hydrogen) atoms. The van der Waals surface area contributed by atoms with E-state index in [0.29, 0.717) is 0 Å². The van der Waals surface area contributed by atoms with E-state index in [2.05, 4.69) is 9.97 Å². The van der Waals surface area contributed by atoms with Crippen molar-refractivity contribution in [2.75, 3.05) is 5.73 Å². The van der Waals surface area contributed by atoms with Crippen LogP contribution in [0.1, 0.15) is 12.5 Å². The molecule has 0 spiro atoms. The highest BCUT2D eigenvalue weighted by Gasteiger charge is 2.24. The zero-order valence-corrected chi connectivity index (χ0v) is 9.60. The lowest BCUT2D eigenvalue weighted by Gasteiger charge is -2.12. The number of rotatable bonds is 3. The third kappa shape index (κ3) is 2.91. The van der Waals surface area contributed by atoms with Crippen LogP contribution in [-0.2, 0) is 5.92 Å². The van der Waals surface area contributed by atoms with Crippen molar-refractivity contribution in [3.05, 3.63) is 42.2 Å². The summed E-state index contributed by atoms with van der Waals surface area (Å²) in [5, 5.41) is 0. The summed E-state index contributed by atoms with van der Waals surface area (Å²) in [5.41, 5.74) is 5.31. The van der Waals surface area contributed by atoms with E-state index >= 15 is 0 Å². The van der Waals surface area contributed by atoms with Crippen LogP contribution < -0.4 is 10.5 Å². The molecule has 0 aliphatic carbocycles. The second kappa shape index (κ2) is 4.56. The van der Waals surface area contributed by atoms with E-state index in [1.165, 1.54) is 30.6 Å². The summed E-state index contributed by atoms with van der Waals surface area (Å²) < 4.78 is 31.6. The Kier molecular flexibility index (Phi) is 3.10. The number of aromatic nitrogens is 2. The van der Waals surface area contributed by atoms with Gasteiger partial charge >= 0.3 is 0 Å². The van der Waals surface area contributed by atoms with Gasteiger partial charge in [0.05, 0.1) is 12.4 Å². The summed E-state index contributed by atoms with van der Waals surface area (Å²) >= 11 is 0. The Hall–Kier alpha value is -2.24. The number of benzene rings is 1. The molecule has 94 valence electrons. The first kappa shape index (κ1) is 12.2. The largest absolute Gasteiger partial charge is 0.437 e. The van der Waals surface area contributed by atoms with Gasteiger partial charge in [-0.1, -0.05) is 12.1 Å². The van der Waals surface area contributed by atoms with Crippen LogP contribution in [0.2, 0.25) is 0 Å². The van der Waals surface area contributed by atoms with Crippen molar-refractivity contribution < 1.29 is 13.5 Å². The topological polar surface area (TPSA) is 61.0 Å². The minimum absolute atomic E-state index is 0.128. The summed E-state index contributed by atoms with van der Waals surface area (Å²) in [6.07, 6.45) is 2.72. The van der Waals surface area contributed by atoms with Crippen LogP contribution in [-0.4, -0.2) is 9.97 Å². The molecule has 0 radical (unpaired) electrons. The molecule has 1 aromatic carbocycles. The predicted molar refractivity (Wildman–Crippen MR) is 62.5 cm³/mol. The van der Waals surface area contributed by atoms with Gasteiger partial charge in [0, 0.05) is 12.5 Å². The normalized spacial score (nSPS) is 11.3. The van der Waals surface area contributed by atoms with Crippen molar-refractivity contribution in [1.82, 2.24) is 9.97 Å². The molecule has 1 heterocycles. The number of nitrogens with two attached hydrogens (primary N) is 1. The SMILES string of the molecule is CC(F)(F)c1cccc(Oc2cncc(N)n2)c1. The van der Waals surface area contributed by atoms with Gasteiger partial charge in [-0.2, -0.15) is 4.98 Å². The standard InChI is InChI=1S/C12H11F2N3O/c1-12(13,14)8-3-2-4-9(5-8)18-11-7-16-6-10(15)17-11/h2-7H,1H3,(H2,15,17). The van der Waals surface area contributed by atoms with Crippen LogP contribution >= 0.6 is 0 Å².